The van der Waals surface area contributed by atoms with Crippen LogP contribution in [0.4, 0.5) is 0 Å². The lowest BCUT2D eigenvalue weighted by atomic mass is 10.2. The average Bonchev–Trinajstić information content (AvgIpc) is 3.25. The Morgan fingerprint density at radius 1 is 1.23 bits per heavy atom. The quantitative estimate of drug-likeness (QED) is 0.744. The number of ether oxygens (including phenoxy) is 1. The Bertz CT molecular complexity index is 828. The van der Waals surface area contributed by atoms with Crippen molar-refractivity contribution >= 4 is 27.1 Å². The fourth-order valence-corrected chi connectivity index (χ4v) is 4.95. The predicted molar refractivity (Wildman–Crippen MR) is 101 cm³/mol. The predicted octanol–water partition coefficient (Wildman–Crippen LogP) is 2.70. The van der Waals surface area contributed by atoms with Gasteiger partial charge in [0.1, 0.15) is 23.1 Å². The van der Waals surface area contributed by atoms with Gasteiger partial charge < -0.3 is 10.1 Å². The van der Waals surface area contributed by atoms with Crippen molar-refractivity contribution in [2.45, 2.75) is 44.1 Å². The summed E-state index contributed by atoms with van der Waals surface area (Å²) in [6.07, 6.45) is 4.04. The number of nitrogens with one attached hydrogen (secondary N) is 1. The summed E-state index contributed by atoms with van der Waals surface area (Å²) < 4.78 is 30.1. The van der Waals surface area contributed by atoms with E-state index in [-0.39, 0.29) is 18.4 Å². The third-order valence-corrected chi connectivity index (χ3v) is 6.45. The number of hydrogen-bond acceptors (Lipinski definition) is 6. The first kappa shape index (κ1) is 18.8. The maximum Gasteiger partial charge on any atom is 0.235 e. The Balaban J connectivity index is 1.49. The minimum Gasteiger partial charge on any atom is -0.486 e. The Morgan fingerprint density at radius 2 is 1.96 bits per heavy atom. The molecule has 1 aromatic carbocycles. The van der Waals surface area contributed by atoms with E-state index in [9.17, 15) is 13.2 Å². The topological polar surface area (TPSA) is 85.4 Å². The van der Waals surface area contributed by atoms with Crippen LogP contribution in [0, 0.1) is 0 Å². The van der Waals surface area contributed by atoms with Gasteiger partial charge in [-0.1, -0.05) is 31.0 Å². The van der Waals surface area contributed by atoms with Crippen LogP contribution in [0.3, 0.4) is 0 Å². The van der Waals surface area contributed by atoms with E-state index in [4.69, 9.17) is 4.74 Å². The van der Waals surface area contributed by atoms with Gasteiger partial charge in [0.05, 0.1) is 11.4 Å². The number of aromatic nitrogens is 1. The molecule has 3 rings (SSSR count). The number of carbonyl (C=O) groups is 1. The van der Waals surface area contributed by atoms with E-state index >= 15 is 0 Å². The lowest BCUT2D eigenvalue weighted by Gasteiger charge is -2.11. The first-order chi connectivity index (χ1) is 12.5. The fraction of sp³-hybridized carbons (Fsp3) is 0.444. The molecule has 0 radical (unpaired) electrons. The molecule has 0 atom stereocenters. The zero-order valence-corrected chi connectivity index (χ0v) is 16.0. The van der Waals surface area contributed by atoms with Crippen LogP contribution in [-0.4, -0.2) is 31.1 Å². The van der Waals surface area contributed by atoms with E-state index in [1.54, 1.807) is 5.38 Å². The number of para-hydroxylation sites is 1. The normalized spacial score (nSPS) is 15.1. The molecule has 8 heteroatoms. The Morgan fingerprint density at radius 3 is 2.69 bits per heavy atom. The zero-order valence-electron chi connectivity index (χ0n) is 14.4. The smallest absolute Gasteiger partial charge is 0.235 e. The van der Waals surface area contributed by atoms with Gasteiger partial charge in [0, 0.05) is 11.4 Å². The van der Waals surface area contributed by atoms with Crippen LogP contribution in [0.5, 0.6) is 5.75 Å². The number of rotatable bonds is 8. The molecular formula is C18H22N2O4S2. The first-order valence-electron chi connectivity index (χ1n) is 8.61. The minimum absolute atomic E-state index is 0.124. The van der Waals surface area contributed by atoms with Crippen molar-refractivity contribution < 1.29 is 17.9 Å². The Hall–Kier alpha value is -1.93. The van der Waals surface area contributed by atoms with Crippen LogP contribution in [0.1, 0.15) is 36.4 Å². The highest BCUT2D eigenvalue weighted by Gasteiger charge is 2.22. The summed E-state index contributed by atoms with van der Waals surface area (Å²) in [6, 6.07) is 9.49. The largest absolute Gasteiger partial charge is 0.486 e. The van der Waals surface area contributed by atoms with Crippen molar-refractivity contribution in [3.8, 4) is 5.75 Å². The number of sulfone groups is 1. The van der Waals surface area contributed by atoms with Crippen LogP contribution >= 0.6 is 11.3 Å². The summed E-state index contributed by atoms with van der Waals surface area (Å²) in [5.74, 6) is -0.399. The molecule has 0 saturated heterocycles. The number of hydrogen-bond donors (Lipinski definition) is 1. The van der Waals surface area contributed by atoms with E-state index in [1.165, 1.54) is 11.3 Å². The van der Waals surface area contributed by atoms with E-state index in [1.807, 2.05) is 30.3 Å². The minimum atomic E-state index is -3.54. The molecule has 1 aliphatic carbocycles. The fourth-order valence-electron chi connectivity index (χ4n) is 2.96. The summed E-state index contributed by atoms with van der Waals surface area (Å²) in [4.78, 5) is 16.2. The van der Waals surface area contributed by atoms with E-state index < -0.39 is 21.5 Å². The van der Waals surface area contributed by atoms with Gasteiger partial charge >= 0.3 is 0 Å². The summed E-state index contributed by atoms with van der Waals surface area (Å²) in [7, 11) is -3.54. The molecule has 0 unspecified atom stereocenters. The molecular weight excluding hydrogens is 372 g/mol. The molecule has 1 aromatic heterocycles. The molecule has 6 nitrogen and oxygen atoms in total. The zero-order chi connectivity index (χ0) is 18.4. The second-order valence-electron chi connectivity index (χ2n) is 6.42. The van der Waals surface area contributed by atoms with Crippen molar-refractivity contribution in [3.05, 3.63) is 46.4 Å². The van der Waals surface area contributed by atoms with Crippen LogP contribution < -0.4 is 10.1 Å². The summed E-state index contributed by atoms with van der Waals surface area (Å²) >= 11 is 1.35. The third-order valence-electron chi connectivity index (χ3n) is 4.14. The highest BCUT2D eigenvalue weighted by molar-refractivity contribution is 7.91. The van der Waals surface area contributed by atoms with Crippen molar-refractivity contribution in [1.29, 1.82) is 0 Å². The monoisotopic (exact) mass is 394 g/mol. The van der Waals surface area contributed by atoms with Gasteiger partial charge in [0.2, 0.25) is 5.91 Å². The number of thiazole rings is 1. The molecule has 1 N–H and O–H groups in total. The van der Waals surface area contributed by atoms with Crippen molar-refractivity contribution in [3.63, 3.8) is 0 Å². The van der Waals surface area contributed by atoms with E-state index in [2.05, 4.69) is 10.3 Å². The second-order valence-corrected chi connectivity index (χ2v) is 9.42. The van der Waals surface area contributed by atoms with Gasteiger partial charge in [-0.3, -0.25) is 4.79 Å². The van der Waals surface area contributed by atoms with Crippen molar-refractivity contribution in [2.75, 3.05) is 5.75 Å². The molecule has 1 amide bonds. The van der Waals surface area contributed by atoms with Gasteiger partial charge in [-0.25, -0.2) is 13.4 Å². The molecule has 140 valence electrons. The van der Waals surface area contributed by atoms with Crippen LogP contribution in [-0.2, 0) is 27.0 Å². The molecule has 26 heavy (non-hydrogen) atoms. The number of carbonyl (C=O) groups excluding carboxylic acids is 1. The third kappa shape index (κ3) is 5.81. The van der Waals surface area contributed by atoms with Crippen molar-refractivity contribution in [2.24, 2.45) is 0 Å². The Kier molecular flexibility index (Phi) is 6.26. The lowest BCUT2D eigenvalue weighted by Crippen LogP contribution is -2.37. The SMILES string of the molecule is O=C(CS(=O)(=O)Cc1csc(COc2ccccc2)n1)NC1CCCC1. The molecule has 1 heterocycles. The average molecular weight is 395 g/mol. The molecule has 0 bridgehead atoms. The van der Waals surface area contributed by atoms with Gasteiger partial charge in [-0.15, -0.1) is 11.3 Å². The molecule has 2 aromatic rings. The van der Waals surface area contributed by atoms with Gasteiger partial charge in [-0.05, 0) is 25.0 Å². The molecule has 0 aliphatic heterocycles. The van der Waals surface area contributed by atoms with Crippen LogP contribution in [0.25, 0.3) is 0 Å². The summed E-state index contributed by atoms with van der Waals surface area (Å²) in [5.41, 5.74) is 0.454. The summed E-state index contributed by atoms with van der Waals surface area (Å²) in [6.45, 7) is 0.289. The van der Waals surface area contributed by atoms with Crippen LogP contribution in [0.2, 0.25) is 0 Å². The molecule has 1 aliphatic rings. The lowest BCUT2D eigenvalue weighted by molar-refractivity contribution is -0.119. The maximum atomic E-state index is 12.2. The number of amides is 1. The maximum absolute atomic E-state index is 12.2. The van der Waals surface area contributed by atoms with E-state index in [0.29, 0.717) is 10.7 Å². The highest BCUT2D eigenvalue weighted by atomic mass is 32.2. The van der Waals surface area contributed by atoms with Gasteiger partial charge in [0.25, 0.3) is 0 Å². The van der Waals surface area contributed by atoms with Crippen LogP contribution in [0.15, 0.2) is 35.7 Å². The highest BCUT2D eigenvalue weighted by Crippen LogP contribution is 2.18. The number of benzene rings is 1. The van der Waals surface area contributed by atoms with Gasteiger partial charge in [-0.2, -0.15) is 0 Å². The number of nitrogens with zero attached hydrogens (tertiary/aromatic N) is 1. The standard InChI is InChI=1S/C18H22N2O4S2/c21-17(19-14-6-4-5-7-14)13-26(22,23)12-15-11-25-18(20-15)10-24-16-8-2-1-3-9-16/h1-3,8-9,11,14H,4-7,10,12-13H2,(H,19,21). The van der Waals surface area contributed by atoms with Gasteiger partial charge in [0.15, 0.2) is 9.84 Å². The second kappa shape index (κ2) is 8.64. The molecule has 1 saturated carbocycles. The van der Waals surface area contributed by atoms with Crippen molar-refractivity contribution in [1.82, 2.24) is 10.3 Å². The summed E-state index contributed by atoms with van der Waals surface area (Å²) in [5, 5.41) is 5.22. The Labute approximate surface area is 157 Å². The van der Waals surface area contributed by atoms with E-state index in [0.717, 1.165) is 31.4 Å². The first-order valence-corrected chi connectivity index (χ1v) is 11.3. The molecule has 1 fully saturated rings. The molecule has 0 spiro atoms.